The van der Waals surface area contributed by atoms with E-state index < -0.39 is 6.09 Å². The molecule has 2 rings (SSSR count). The monoisotopic (exact) mass is 279 g/mol. The molecule has 0 radical (unpaired) electrons. The standard InChI is InChI=1S/C14H21N3O3/c1-8-5-9(10-3-4-16-7-11(10)15)6-12(13(8)20-2)17-14(18)19/h3-4,7-9,12-13,17H,5-6,15H2,1-2H3,(H,18,19)/t8-,9+,12+,13-/m0/s1. The normalized spacial score (nSPS) is 29.9. The number of hydrogen-bond acceptors (Lipinski definition) is 4. The van der Waals surface area contributed by atoms with Gasteiger partial charge in [0.15, 0.2) is 0 Å². The van der Waals surface area contributed by atoms with Crippen molar-refractivity contribution in [3.05, 3.63) is 24.0 Å². The first kappa shape index (κ1) is 14.6. The summed E-state index contributed by atoms with van der Waals surface area (Å²) < 4.78 is 5.46. The summed E-state index contributed by atoms with van der Waals surface area (Å²) in [6.07, 6.45) is 3.84. The third kappa shape index (κ3) is 3.01. The number of methoxy groups -OCH3 is 1. The van der Waals surface area contributed by atoms with Crippen LogP contribution in [-0.4, -0.2) is 35.4 Å². The molecule has 1 aromatic heterocycles. The number of hydrogen-bond donors (Lipinski definition) is 3. The first-order valence-corrected chi connectivity index (χ1v) is 6.74. The van der Waals surface area contributed by atoms with E-state index in [2.05, 4.69) is 17.2 Å². The summed E-state index contributed by atoms with van der Waals surface area (Å²) in [5, 5.41) is 11.5. The number of nitrogen functional groups attached to an aromatic ring is 1. The molecule has 6 heteroatoms. The molecule has 1 fully saturated rings. The highest BCUT2D eigenvalue weighted by atomic mass is 16.5. The molecule has 0 aromatic carbocycles. The van der Waals surface area contributed by atoms with E-state index in [1.165, 1.54) is 0 Å². The number of anilines is 1. The molecule has 0 spiro atoms. The van der Waals surface area contributed by atoms with E-state index >= 15 is 0 Å². The fraction of sp³-hybridized carbons (Fsp3) is 0.571. The minimum absolute atomic E-state index is 0.106. The minimum atomic E-state index is -1.02. The first-order valence-electron chi connectivity index (χ1n) is 6.74. The van der Waals surface area contributed by atoms with Gasteiger partial charge in [-0.3, -0.25) is 4.98 Å². The Morgan fingerprint density at radius 2 is 2.30 bits per heavy atom. The van der Waals surface area contributed by atoms with Crippen LogP contribution in [-0.2, 0) is 4.74 Å². The second-order valence-electron chi connectivity index (χ2n) is 5.41. The Hall–Kier alpha value is -1.82. The van der Waals surface area contributed by atoms with Gasteiger partial charge >= 0.3 is 6.09 Å². The molecule has 110 valence electrons. The Kier molecular flexibility index (Phi) is 4.44. The highest BCUT2D eigenvalue weighted by molar-refractivity contribution is 5.65. The Labute approximate surface area is 118 Å². The van der Waals surface area contributed by atoms with E-state index in [1.807, 2.05) is 6.07 Å². The molecule has 20 heavy (non-hydrogen) atoms. The predicted octanol–water partition coefficient (Wildman–Crippen LogP) is 1.83. The summed E-state index contributed by atoms with van der Waals surface area (Å²) in [4.78, 5) is 14.9. The van der Waals surface area contributed by atoms with Crippen LogP contribution >= 0.6 is 0 Å². The smallest absolute Gasteiger partial charge is 0.404 e. The number of nitrogens with one attached hydrogen (secondary N) is 1. The van der Waals surface area contributed by atoms with Crippen LogP contribution in [0, 0.1) is 5.92 Å². The highest BCUT2D eigenvalue weighted by Crippen LogP contribution is 2.39. The van der Waals surface area contributed by atoms with Crippen molar-refractivity contribution in [2.75, 3.05) is 12.8 Å². The van der Waals surface area contributed by atoms with Crippen molar-refractivity contribution >= 4 is 11.8 Å². The Bertz CT molecular complexity index is 480. The van der Waals surface area contributed by atoms with Crippen LogP contribution < -0.4 is 11.1 Å². The lowest BCUT2D eigenvalue weighted by Gasteiger charge is -2.40. The molecule has 4 atom stereocenters. The summed E-state index contributed by atoms with van der Waals surface area (Å²) in [5.41, 5.74) is 7.68. The van der Waals surface area contributed by atoms with Crippen molar-refractivity contribution in [2.45, 2.75) is 37.8 Å². The molecular weight excluding hydrogens is 258 g/mol. The van der Waals surface area contributed by atoms with Crippen LogP contribution in [0.2, 0.25) is 0 Å². The van der Waals surface area contributed by atoms with E-state index in [9.17, 15) is 4.79 Å². The molecular formula is C14H21N3O3. The van der Waals surface area contributed by atoms with Crippen molar-refractivity contribution in [3.63, 3.8) is 0 Å². The van der Waals surface area contributed by atoms with E-state index in [4.69, 9.17) is 15.6 Å². The van der Waals surface area contributed by atoms with E-state index in [-0.39, 0.29) is 24.0 Å². The van der Waals surface area contributed by atoms with Crippen LogP contribution in [0.3, 0.4) is 0 Å². The maximum Gasteiger partial charge on any atom is 0.404 e. The largest absolute Gasteiger partial charge is 0.465 e. The fourth-order valence-electron chi connectivity index (χ4n) is 3.26. The molecule has 1 amide bonds. The molecule has 0 unspecified atom stereocenters. The van der Waals surface area contributed by atoms with Crippen molar-refractivity contribution in [1.82, 2.24) is 10.3 Å². The van der Waals surface area contributed by atoms with Gasteiger partial charge in [-0.15, -0.1) is 0 Å². The molecule has 1 saturated carbocycles. The molecule has 1 heterocycles. The van der Waals surface area contributed by atoms with Crippen molar-refractivity contribution in [2.24, 2.45) is 5.92 Å². The average molecular weight is 279 g/mol. The quantitative estimate of drug-likeness (QED) is 0.784. The topological polar surface area (TPSA) is 97.5 Å². The summed E-state index contributed by atoms with van der Waals surface area (Å²) in [6, 6.07) is 1.69. The van der Waals surface area contributed by atoms with Gasteiger partial charge in [-0.1, -0.05) is 6.92 Å². The van der Waals surface area contributed by atoms with Gasteiger partial charge in [0, 0.05) is 13.3 Å². The van der Waals surface area contributed by atoms with Gasteiger partial charge in [-0.25, -0.2) is 4.79 Å². The molecule has 1 aliphatic rings. The zero-order chi connectivity index (χ0) is 14.7. The molecule has 1 aromatic rings. The van der Waals surface area contributed by atoms with Crippen LogP contribution in [0.5, 0.6) is 0 Å². The number of nitrogens with two attached hydrogens (primary N) is 1. The number of amides is 1. The third-order valence-electron chi connectivity index (χ3n) is 4.06. The van der Waals surface area contributed by atoms with Crippen LogP contribution in [0.15, 0.2) is 18.5 Å². The number of carbonyl (C=O) groups is 1. The van der Waals surface area contributed by atoms with Gasteiger partial charge in [-0.2, -0.15) is 0 Å². The average Bonchev–Trinajstić information content (AvgIpc) is 2.38. The number of pyridine rings is 1. The molecule has 4 N–H and O–H groups in total. The van der Waals surface area contributed by atoms with Crippen LogP contribution in [0.4, 0.5) is 10.5 Å². The second-order valence-corrected chi connectivity index (χ2v) is 5.41. The van der Waals surface area contributed by atoms with Gasteiger partial charge in [0.25, 0.3) is 0 Å². The van der Waals surface area contributed by atoms with E-state index in [1.54, 1.807) is 19.5 Å². The van der Waals surface area contributed by atoms with Gasteiger partial charge in [0.2, 0.25) is 0 Å². The van der Waals surface area contributed by atoms with Crippen LogP contribution in [0.25, 0.3) is 0 Å². The van der Waals surface area contributed by atoms with Crippen molar-refractivity contribution < 1.29 is 14.6 Å². The first-order chi connectivity index (χ1) is 9.52. The molecule has 0 aliphatic heterocycles. The number of nitrogens with zero attached hydrogens (tertiary/aromatic N) is 1. The van der Waals surface area contributed by atoms with Gasteiger partial charge in [0.05, 0.1) is 24.0 Å². The van der Waals surface area contributed by atoms with Crippen molar-refractivity contribution in [3.8, 4) is 0 Å². The van der Waals surface area contributed by atoms with Gasteiger partial charge in [-0.05, 0) is 36.3 Å². The molecule has 6 nitrogen and oxygen atoms in total. The van der Waals surface area contributed by atoms with Gasteiger partial charge < -0.3 is 20.9 Å². The maximum absolute atomic E-state index is 10.9. The molecule has 0 bridgehead atoms. The third-order valence-corrected chi connectivity index (χ3v) is 4.06. The Morgan fingerprint density at radius 3 is 2.90 bits per heavy atom. The number of rotatable bonds is 3. The fourth-order valence-corrected chi connectivity index (χ4v) is 3.26. The molecule has 0 saturated heterocycles. The number of ether oxygens (including phenoxy) is 1. The number of aromatic nitrogens is 1. The lowest BCUT2D eigenvalue weighted by molar-refractivity contribution is -0.000236. The predicted molar refractivity (Wildman–Crippen MR) is 75.5 cm³/mol. The Balaban J connectivity index is 2.21. The summed E-state index contributed by atoms with van der Waals surface area (Å²) in [7, 11) is 1.62. The maximum atomic E-state index is 10.9. The number of carboxylic acid groups (broad SMARTS) is 1. The molecule has 1 aliphatic carbocycles. The van der Waals surface area contributed by atoms with Gasteiger partial charge in [0.1, 0.15) is 0 Å². The zero-order valence-corrected chi connectivity index (χ0v) is 11.7. The highest BCUT2D eigenvalue weighted by Gasteiger charge is 2.37. The van der Waals surface area contributed by atoms with Crippen LogP contribution in [0.1, 0.15) is 31.2 Å². The summed E-state index contributed by atoms with van der Waals surface area (Å²) in [5.74, 6) is 0.472. The summed E-state index contributed by atoms with van der Waals surface area (Å²) in [6.45, 7) is 2.08. The lowest BCUT2D eigenvalue weighted by Crippen LogP contribution is -2.50. The Morgan fingerprint density at radius 1 is 1.55 bits per heavy atom. The SMILES string of the molecule is CO[C@H]1[C@@H](C)C[C@@H](c2ccncc2N)C[C@H]1NC(=O)O. The second kappa shape index (κ2) is 6.09. The minimum Gasteiger partial charge on any atom is -0.465 e. The summed E-state index contributed by atoms with van der Waals surface area (Å²) >= 11 is 0. The lowest BCUT2D eigenvalue weighted by atomic mass is 9.74. The van der Waals surface area contributed by atoms with Crippen molar-refractivity contribution in [1.29, 1.82) is 0 Å². The zero-order valence-electron chi connectivity index (χ0n) is 11.7. The van der Waals surface area contributed by atoms with E-state index in [0.717, 1.165) is 12.0 Å². The van der Waals surface area contributed by atoms with E-state index in [0.29, 0.717) is 12.1 Å².